The number of hydrogen-bond acceptors (Lipinski definition) is 7. The number of amides is 1. The Kier molecular flexibility index (Phi) is 8.78. The van der Waals surface area contributed by atoms with Gasteiger partial charge in [0, 0.05) is 13.1 Å². The van der Waals surface area contributed by atoms with Crippen molar-refractivity contribution in [1.82, 2.24) is 4.31 Å². The fourth-order valence-electron chi connectivity index (χ4n) is 4.30. The van der Waals surface area contributed by atoms with Crippen LogP contribution in [-0.4, -0.2) is 60.9 Å². The van der Waals surface area contributed by atoms with Crippen molar-refractivity contribution in [2.75, 3.05) is 43.5 Å². The van der Waals surface area contributed by atoms with E-state index in [1.165, 1.54) is 61.0 Å². The Hall–Kier alpha value is -3.61. The summed E-state index contributed by atoms with van der Waals surface area (Å²) in [5, 5.41) is 2.65. The largest absolute Gasteiger partial charge is 0.497 e. The van der Waals surface area contributed by atoms with Gasteiger partial charge in [-0.15, -0.1) is 0 Å². The molecule has 10 nitrogen and oxygen atoms in total. The molecule has 3 aromatic rings. The number of para-hydroxylation sites is 1. The molecule has 39 heavy (non-hydrogen) atoms. The monoisotopic (exact) mass is 573 g/mol. The van der Waals surface area contributed by atoms with Gasteiger partial charge >= 0.3 is 0 Å². The fraction of sp³-hybridized carbons (Fsp3) is 0.296. The molecule has 0 aliphatic carbocycles. The van der Waals surface area contributed by atoms with Crippen LogP contribution in [-0.2, 0) is 24.8 Å². The zero-order valence-corrected chi connectivity index (χ0v) is 23.4. The topological polar surface area (TPSA) is 122 Å². The SMILES string of the molecule is COc1ccc(S(=O)(=O)N(CC(=O)Nc2cc(S(=O)(=O)N3CCCCC3)ccc2OC)c2ccccc2)cc1. The molecule has 0 aromatic heterocycles. The summed E-state index contributed by atoms with van der Waals surface area (Å²) >= 11 is 0. The van der Waals surface area contributed by atoms with Crippen LogP contribution in [0.15, 0.2) is 82.6 Å². The number of methoxy groups -OCH3 is 2. The highest BCUT2D eigenvalue weighted by Crippen LogP contribution is 2.31. The van der Waals surface area contributed by atoms with Gasteiger partial charge in [-0.2, -0.15) is 4.31 Å². The summed E-state index contributed by atoms with van der Waals surface area (Å²) in [5.41, 5.74) is 0.410. The van der Waals surface area contributed by atoms with Gasteiger partial charge < -0.3 is 14.8 Å². The average molecular weight is 574 g/mol. The number of anilines is 2. The van der Waals surface area contributed by atoms with Gasteiger partial charge in [-0.25, -0.2) is 16.8 Å². The summed E-state index contributed by atoms with van der Waals surface area (Å²) in [7, 11) is -5.04. The number of hydrogen-bond donors (Lipinski definition) is 1. The van der Waals surface area contributed by atoms with Crippen LogP contribution in [0.4, 0.5) is 11.4 Å². The summed E-state index contributed by atoms with van der Waals surface area (Å²) < 4.78 is 66.5. The zero-order valence-electron chi connectivity index (χ0n) is 21.7. The average Bonchev–Trinajstić information content (AvgIpc) is 2.96. The first-order valence-corrected chi connectivity index (χ1v) is 15.2. The van der Waals surface area contributed by atoms with E-state index in [1.54, 1.807) is 30.3 Å². The minimum absolute atomic E-state index is 0.0197. The van der Waals surface area contributed by atoms with E-state index in [-0.39, 0.29) is 26.9 Å². The first-order chi connectivity index (χ1) is 18.7. The van der Waals surface area contributed by atoms with Gasteiger partial charge in [0.1, 0.15) is 18.0 Å². The zero-order chi connectivity index (χ0) is 28.0. The maximum Gasteiger partial charge on any atom is 0.264 e. The van der Waals surface area contributed by atoms with Crippen molar-refractivity contribution in [2.24, 2.45) is 0 Å². The van der Waals surface area contributed by atoms with E-state index in [9.17, 15) is 21.6 Å². The molecule has 0 saturated carbocycles. The third-order valence-electron chi connectivity index (χ3n) is 6.38. The molecule has 0 unspecified atom stereocenters. The van der Waals surface area contributed by atoms with Crippen LogP contribution in [0.1, 0.15) is 19.3 Å². The van der Waals surface area contributed by atoms with E-state index in [2.05, 4.69) is 5.32 Å². The second kappa shape index (κ2) is 12.1. The van der Waals surface area contributed by atoms with Crippen molar-refractivity contribution >= 4 is 37.3 Å². The van der Waals surface area contributed by atoms with Gasteiger partial charge in [0.05, 0.1) is 35.4 Å². The number of rotatable bonds is 10. The summed E-state index contributed by atoms with van der Waals surface area (Å²) in [5.74, 6) is 0.0522. The molecular weight excluding hydrogens is 542 g/mol. The second-order valence-corrected chi connectivity index (χ2v) is 12.7. The minimum Gasteiger partial charge on any atom is -0.497 e. The lowest BCUT2D eigenvalue weighted by molar-refractivity contribution is -0.114. The van der Waals surface area contributed by atoms with Gasteiger partial charge in [0.15, 0.2) is 0 Å². The molecule has 0 spiro atoms. The van der Waals surface area contributed by atoms with Crippen LogP contribution in [0, 0.1) is 0 Å². The third-order valence-corrected chi connectivity index (χ3v) is 10.1. The molecule has 1 saturated heterocycles. The van der Waals surface area contributed by atoms with Crippen LogP contribution in [0.5, 0.6) is 11.5 Å². The van der Waals surface area contributed by atoms with Crippen LogP contribution in [0.3, 0.4) is 0 Å². The van der Waals surface area contributed by atoms with E-state index in [1.807, 2.05) is 0 Å². The predicted molar refractivity (Wildman–Crippen MR) is 148 cm³/mol. The standard InChI is InChI=1S/C27H31N3O7S2/c1-36-22-11-13-23(14-12-22)39(34,35)30(21-9-5-3-6-10-21)20-27(31)28-25-19-24(15-16-26(25)37-2)38(32,33)29-17-7-4-8-18-29/h3,5-6,9-16,19H,4,7-8,17-18,20H2,1-2H3,(H,28,31). The molecular formula is C27H31N3O7S2. The first kappa shape index (κ1) is 28.4. The third kappa shape index (κ3) is 6.35. The van der Waals surface area contributed by atoms with E-state index in [0.29, 0.717) is 18.8 Å². The Bertz CT molecular complexity index is 1500. The number of benzene rings is 3. The van der Waals surface area contributed by atoms with Crippen LogP contribution in [0.2, 0.25) is 0 Å². The van der Waals surface area contributed by atoms with Gasteiger partial charge in [-0.1, -0.05) is 24.6 Å². The molecule has 208 valence electrons. The Labute approximate surface area is 229 Å². The number of carbonyl (C=O) groups is 1. The Morgan fingerprint density at radius 1 is 0.846 bits per heavy atom. The van der Waals surface area contributed by atoms with Crippen molar-refractivity contribution < 1.29 is 31.1 Å². The molecule has 1 aliphatic heterocycles. The highest BCUT2D eigenvalue weighted by atomic mass is 32.2. The van der Waals surface area contributed by atoms with Crippen molar-refractivity contribution in [3.05, 3.63) is 72.8 Å². The predicted octanol–water partition coefficient (Wildman–Crippen LogP) is 3.71. The van der Waals surface area contributed by atoms with Crippen molar-refractivity contribution in [3.8, 4) is 11.5 Å². The second-order valence-electron chi connectivity index (χ2n) is 8.90. The molecule has 0 bridgehead atoms. The van der Waals surface area contributed by atoms with Gasteiger partial charge in [-0.3, -0.25) is 9.10 Å². The molecule has 12 heteroatoms. The number of ether oxygens (including phenoxy) is 2. The molecule has 1 heterocycles. The molecule has 1 amide bonds. The molecule has 1 fully saturated rings. The highest BCUT2D eigenvalue weighted by molar-refractivity contribution is 7.92. The van der Waals surface area contributed by atoms with E-state index >= 15 is 0 Å². The van der Waals surface area contributed by atoms with E-state index in [4.69, 9.17) is 9.47 Å². The van der Waals surface area contributed by atoms with Crippen LogP contribution < -0.4 is 19.1 Å². The van der Waals surface area contributed by atoms with Gasteiger partial charge in [-0.05, 0) is 67.4 Å². The Balaban J connectivity index is 1.63. The molecule has 0 atom stereocenters. The molecule has 0 radical (unpaired) electrons. The molecule has 3 aromatic carbocycles. The lowest BCUT2D eigenvalue weighted by Gasteiger charge is -2.26. The number of nitrogens with one attached hydrogen (secondary N) is 1. The van der Waals surface area contributed by atoms with E-state index in [0.717, 1.165) is 23.6 Å². The van der Waals surface area contributed by atoms with Gasteiger partial charge in [0.25, 0.3) is 10.0 Å². The smallest absolute Gasteiger partial charge is 0.264 e. The number of piperidine rings is 1. The number of carbonyl (C=O) groups excluding carboxylic acids is 1. The Morgan fingerprint density at radius 3 is 2.10 bits per heavy atom. The van der Waals surface area contributed by atoms with Crippen molar-refractivity contribution in [1.29, 1.82) is 0 Å². The van der Waals surface area contributed by atoms with E-state index < -0.39 is 32.5 Å². The maximum atomic E-state index is 13.6. The molecule has 1 N–H and O–H groups in total. The summed E-state index contributed by atoms with van der Waals surface area (Å²) in [6.45, 7) is 0.307. The van der Waals surface area contributed by atoms with Crippen molar-refractivity contribution in [3.63, 3.8) is 0 Å². The molecule has 1 aliphatic rings. The number of sulfonamides is 2. The summed E-state index contributed by atoms with van der Waals surface area (Å²) in [4.78, 5) is 13.3. The quantitative estimate of drug-likeness (QED) is 0.392. The summed E-state index contributed by atoms with van der Waals surface area (Å²) in [6, 6.07) is 18.3. The lowest BCUT2D eigenvalue weighted by Crippen LogP contribution is -2.38. The van der Waals surface area contributed by atoms with Crippen molar-refractivity contribution in [2.45, 2.75) is 29.1 Å². The van der Waals surface area contributed by atoms with Crippen LogP contribution >= 0.6 is 0 Å². The summed E-state index contributed by atoms with van der Waals surface area (Å²) in [6.07, 6.45) is 2.56. The van der Waals surface area contributed by atoms with Crippen LogP contribution in [0.25, 0.3) is 0 Å². The number of nitrogens with zero attached hydrogens (tertiary/aromatic N) is 2. The highest BCUT2D eigenvalue weighted by Gasteiger charge is 2.29. The Morgan fingerprint density at radius 2 is 1.49 bits per heavy atom. The lowest BCUT2D eigenvalue weighted by atomic mass is 10.2. The maximum absolute atomic E-state index is 13.6. The molecule has 4 rings (SSSR count). The minimum atomic E-state index is -4.14. The fourth-order valence-corrected chi connectivity index (χ4v) is 7.27. The first-order valence-electron chi connectivity index (χ1n) is 12.4. The van der Waals surface area contributed by atoms with Gasteiger partial charge in [0.2, 0.25) is 15.9 Å². The normalized spacial score (nSPS) is 14.4.